The van der Waals surface area contributed by atoms with Gasteiger partial charge >= 0.3 is 0 Å². The first-order valence-electron chi connectivity index (χ1n) is 8.03. The molecular weight excluding hydrogens is 220 g/mol. The lowest BCUT2D eigenvalue weighted by molar-refractivity contribution is -0.0801. The van der Waals surface area contributed by atoms with Crippen LogP contribution in [-0.2, 0) is 4.74 Å². The second-order valence-electron chi connectivity index (χ2n) is 6.79. The van der Waals surface area contributed by atoms with Gasteiger partial charge in [0, 0.05) is 0 Å². The minimum Gasteiger partial charge on any atom is -0.361 e. The molecule has 1 aliphatic heterocycles. The Kier molecular flexibility index (Phi) is 4.89. The molecule has 0 aromatic carbocycles. The van der Waals surface area contributed by atoms with Crippen LogP contribution in [0.3, 0.4) is 0 Å². The van der Waals surface area contributed by atoms with E-state index in [-0.39, 0.29) is 11.2 Å². The first-order chi connectivity index (χ1) is 8.62. The van der Waals surface area contributed by atoms with E-state index in [0.717, 1.165) is 0 Å². The van der Waals surface area contributed by atoms with Crippen molar-refractivity contribution in [2.45, 2.75) is 95.7 Å². The Labute approximate surface area is 113 Å². The van der Waals surface area contributed by atoms with Gasteiger partial charge in [-0.15, -0.1) is 0 Å². The lowest BCUT2D eigenvalue weighted by Gasteiger charge is -2.32. The molecule has 18 heavy (non-hydrogen) atoms. The predicted octanol–water partition coefficient (Wildman–Crippen LogP) is 5.39. The van der Waals surface area contributed by atoms with E-state index in [2.05, 4.69) is 26.0 Å². The van der Waals surface area contributed by atoms with Crippen LogP contribution in [0.15, 0.2) is 12.2 Å². The monoisotopic (exact) mass is 250 g/mol. The number of rotatable bonds is 0. The van der Waals surface area contributed by atoms with E-state index in [9.17, 15) is 0 Å². The molecule has 0 radical (unpaired) electrons. The van der Waals surface area contributed by atoms with Crippen molar-refractivity contribution < 1.29 is 4.74 Å². The Balaban J connectivity index is 1.92. The maximum absolute atomic E-state index is 6.37. The quantitative estimate of drug-likeness (QED) is 0.523. The molecule has 0 saturated heterocycles. The highest BCUT2D eigenvalue weighted by atomic mass is 16.5. The van der Waals surface area contributed by atoms with Crippen molar-refractivity contribution in [1.82, 2.24) is 0 Å². The van der Waals surface area contributed by atoms with Gasteiger partial charge in [-0.2, -0.15) is 0 Å². The summed E-state index contributed by atoms with van der Waals surface area (Å²) < 4.78 is 6.37. The Bertz CT molecular complexity index is 265. The fourth-order valence-corrected chi connectivity index (χ4v) is 3.42. The van der Waals surface area contributed by atoms with Crippen molar-refractivity contribution in [3.63, 3.8) is 0 Å². The summed E-state index contributed by atoms with van der Waals surface area (Å²) in [5, 5.41) is 0. The molecule has 2 aliphatic rings. The van der Waals surface area contributed by atoms with Crippen molar-refractivity contribution in [2.24, 2.45) is 0 Å². The van der Waals surface area contributed by atoms with E-state index < -0.39 is 0 Å². The first-order valence-corrected chi connectivity index (χ1v) is 8.03. The Hall–Kier alpha value is -0.300. The number of hydrogen-bond acceptors (Lipinski definition) is 1. The van der Waals surface area contributed by atoms with Gasteiger partial charge in [-0.3, -0.25) is 0 Å². The second kappa shape index (κ2) is 6.23. The van der Waals surface area contributed by atoms with Crippen LogP contribution in [0.5, 0.6) is 0 Å². The second-order valence-corrected chi connectivity index (χ2v) is 6.79. The van der Waals surface area contributed by atoms with Crippen molar-refractivity contribution in [1.29, 1.82) is 0 Å². The maximum Gasteiger partial charge on any atom is 0.0875 e. The Morgan fingerprint density at radius 3 is 1.50 bits per heavy atom. The number of ether oxygens (including phenoxy) is 1. The first kappa shape index (κ1) is 14.1. The minimum absolute atomic E-state index is 0.0446. The molecule has 1 spiro atoms. The van der Waals surface area contributed by atoms with E-state index in [1.54, 1.807) is 0 Å². The third-order valence-corrected chi connectivity index (χ3v) is 4.45. The third-order valence-electron chi connectivity index (χ3n) is 4.45. The zero-order valence-electron chi connectivity index (χ0n) is 12.3. The highest BCUT2D eigenvalue weighted by Crippen LogP contribution is 2.38. The molecule has 1 heterocycles. The summed E-state index contributed by atoms with van der Waals surface area (Å²) in [6.45, 7) is 4.38. The summed E-state index contributed by atoms with van der Waals surface area (Å²) in [5.74, 6) is 0. The fraction of sp³-hybridized carbons (Fsp3) is 0.882. The van der Waals surface area contributed by atoms with Gasteiger partial charge in [0.15, 0.2) is 0 Å². The van der Waals surface area contributed by atoms with Crippen molar-refractivity contribution in [2.75, 3.05) is 0 Å². The highest BCUT2D eigenvalue weighted by Gasteiger charge is 2.38. The topological polar surface area (TPSA) is 9.23 Å². The smallest absolute Gasteiger partial charge is 0.0875 e. The molecule has 1 heteroatoms. The van der Waals surface area contributed by atoms with Crippen LogP contribution < -0.4 is 0 Å². The molecule has 0 amide bonds. The Morgan fingerprint density at radius 1 is 0.667 bits per heavy atom. The maximum atomic E-state index is 6.37. The van der Waals surface area contributed by atoms with Gasteiger partial charge in [-0.05, 0) is 26.7 Å². The normalized spacial score (nSPS) is 28.8. The average Bonchev–Trinajstić information content (AvgIpc) is 2.61. The molecular formula is C17H30O. The molecule has 0 unspecified atom stereocenters. The molecule has 0 aromatic rings. The van der Waals surface area contributed by atoms with Gasteiger partial charge in [0.2, 0.25) is 0 Å². The molecule has 1 fully saturated rings. The molecule has 104 valence electrons. The van der Waals surface area contributed by atoms with Crippen LogP contribution in [0.2, 0.25) is 0 Å². The van der Waals surface area contributed by atoms with E-state index in [0.29, 0.717) is 0 Å². The zero-order valence-corrected chi connectivity index (χ0v) is 12.3. The van der Waals surface area contributed by atoms with Crippen LogP contribution in [0.4, 0.5) is 0 Å². The largest absolute Gasteiger partial charge is 0.361 e. The SMILES string of the molecule is CC1(C)C=CC2(CCCCCCCCCCC2)O1. The predicted molar refractivity (Wildman–Crippen MR) is 77.8 cm³/mol. The van der Waals surface area contributed by atoms with E-state index in [1.165, 1.54) is 70.6 Å². The summed E-state index contributed by atoms with van der Waals surface area (Å²) in [7, 11) is 0. The minimum atomic E-state index is -0.0446. The van der Waals surface area contributed by atoms with Gasteiger partial charge in [0.25, 0.3) is 0 Å². The number of hydrogen-bond donors (Lipinski definition) is 0. The van der Waals surface area contributed by atoms with Gasteiger partial charge < -0.3 is 4.74 Å². The molecule has 0 N–H and O–H groups in total. The van der Waals surface area contributed by atoms with Crippen LogP contribution in [0.1, 0.15) is 84.5 Å². The molecule has 1 saturated carbocycles. The fourth-order valence-electron chi connectivity index (χ4n) is 3.42. The molecule has 0 aromatic heterocycles. The van der Waals surface area contributed by atoms with Crippen LogP contribution in [0.25, 0.3) is 0 Å². The molecule has 2 rings (SSSR count). The van der Waals surface area contributed by atoms with Gasteiger partial charge in [0.05, 0.1) is 11.2 Å². The lowest BCUT2D eigenvalue weighted by Crippen LogP contribution is -2.33. The Morgan fingerprint density at radius 2 is 1.11 bits per heavy atom. The van der Waals surface area contributed by atoms with E-state index in [1.807, 2.05) is 0 Å². The summed E-state index contributed by atoms with van der Waals surface area (Å²) in [6.07, 6.45) is 19.7. The van der Waals surface area contributed by atoms with Crippen LogP contribution in [-0.4, -0.2) is 11.2 Å². The van der Waals surface area contributed by atoms with E-state index in [4.69, 9.17) is 4.74 Å². The summed E-state index contributed by atoms with van der Waals surface area (Å²) in [5.41, 5.74) is 0.0275. The molecule has 1 nitrogen and oxygen atoms in total. The lowest BCUT2D eigenvalue weighted by atomic mass is 9.89. The van der Waals surface area contributed by atoms with Crippen molar-refractivity contribution >= 4 is 0 Å². The van der Waals surface area contributed by atoms with Crippen LogP contribution in [0, 0.1) is 0 Å². The van der Waals surface area contributed by atoms with E-state index >= 15 is 0 Å². The third kappa shape index (κ3) is 4.12. The molecule has 0 bridgehead atoms. The highest BCUT2D eigenvalue weighted by molar-refractivity contribution is 5.15. The molecule has 0 atom stereocenters. The summed E-state index contributed by atoms with van der Waals surface area (Å²) in [6, 6.07) is 0. The van der Waals surface area contributed by atoms with Crippen LogP contribution >= 0.6 is 0 Å². The van der Waals surface area contributed by atoms with Crippen molar-refractivity contribution in [3.8, 4) is 0 Å². The summed E-state index contributed by atoms with van der Waals surface area (Å²) in [4.78, 5) is 0. The van der Waals surface area contributed by atoms with Gasteiger partial charge in [0.1, 0.15) is 0 Å². The van der Waals surface area contributed by atoms with Gasteiger partial charge in [-0.25, -0.2) is 0 Å². The van der Waals surface area contributed by atoms with Crippen molar-refractivity contribution in [3.05, 3.63) is 12.2 Å². The summed E-state index contributed by atoms with van der Waals surface area (Å²) >= 11 is 0. The molecule has 1 aliphatic carbocycles. The average molecular weight is 250 g/mol. The standard InChI is InChI=1S/C17H30O/c1-16(2)14-15-17(18-16)12-10-8-6-4-3-5-7-9-11-13-17/h14-15H,3-13H2,1-2H3. The zero-order chi connectivity index (χ0) is 12.9. The van der Waals surface area contributed by atoms with Gasteiger partial charge in [-0.1, -0.05) is 69.9 Å².